The highest BCUT2D eigenvalue weighted by molar-refractivity contribution is 5.60. The molecule has 18 heavy (non-hydrogen) atoms. The van der Waals surface area contributed by atoms with Crippen LogP contribution in [-0.4, -0.2) is 17.3 Å². The summed E-state index contributed by atoms with van der Waals surface area (Å²) >= 11 is 0. The summed E-state index contributed by atoms with van der Waals surface area (Å²) < 4.78 is 18.7. The molecule has 1 aromatic rings. The summed E-state index contributed by atoms with van der Waals surface area (Å²) in [4.78, 5) is 0. The molecular weight excluding hydrogens is 231 g/mol. The number of hydrogen-bond donors (Lipinski definition) is 1. The second-order valence-electron chi connectivity index (χ2n) is 4.41. The van der Waals surface area contributed by atoms with Gasteiger partial charge in [0.1, 0.15) is 17.7 Å². The first-order valence-electron chi connectivity index (χ1n) is 6.14. The number of aliphatic hydroxyl groups excluding tert-OH is 1. The SMILES string of the molecule is C=CCCCC(O)C1C=Cc2cc(F)ccc2O1. The van der Waals surface area contributed by atoms with Gasteiger partial charge in [0.2, 0.25) is 0 Å². The van der Waals surface area contributed by atoms with E-state index in [1.807, 2.05) is 6.08 Å². The van der Waals surface area contributed by atoms with Crippen LogP contribution in [0.3, 0.4) is 0 Å². The predicted molar refractivity (Wildman–Crippen MR) is 69.9 cm³/mol. The van der Waals surface area contributed by atoms with Crippen LogP contribution in [0.25, 0.3) is 6.08 Å². The number of hydrogen-bond acceptors (Lipinski definition) is 2. The molecule has 0 spiro atoms. The van der Waals surface area contributed by atoms with Gasteiger partial charge in [-0.3, -0.25) is 0 Å². The second kappa shape index (κ2) is 5.83. The molecule has 0 bridgehead atoms. The summed E-state index contributed by atoms with van der Waals surface area (Å²) in [5.41, 5.74) is 0.713. The van der Waals surface area contributed by atoms with Crippen LogP contribution >= 0.6 is 0 Å². The predicted octanol–water partition coefficient (Wildman–Crippen LogP) is 3.32. The van der Waals surface area contributed by atoms with Crippen LogP contribution < -0.4 is 4.74 Å². The Morgan fingerprint density at radius 2 is 2.33 bits per heavy atom. The molecule has 1 aliphatic heterocycles. The second-order valence-corrected chi connectivity index (χ2v) is 4.41. The number of aliphatic hydroxyl groups is 1. The van der Waals surface area contributed by atoms with Crippen molar-refractivity contribution >= 4 is 6.08 Å². The van der Waals surface area contributed by atoms with Gasteiger partial charge < -0.3 is 9.84 Å². The highest BCUT2D eigenvalue weighted by atomic mass is 19.1. The van der Waals surface area contributed by atoms with E-state index in [4.69, 9.17) is 4.74 Å². The van der Waals surface area contributed by atoms with Crippen LogP contribution in [0.5, 0.6) is 5.75 Å². The zero-order chi connectivity index (χ0) is 13.0. The van der Waals surface area contributed by atoms with Crippen LogP contribution in [0, 0.1) is 5.82 Å². The Balaban J connectivity index is 1.99. The van der Waals surface area contributed by atoms with Crippen LogP contribution in [-0.2, 0) is 0 Å². The minimum atomic E-state index is -0.542. The molecule has 0 saturated heterocycles. The molecule has 1 N–H and O–H groups in total. The lowest BCUT2D eigenvalue weighted by molar-refractivity contribution is 0.0554. The summed E-state index contributed by atoms with van der Waals surface area (Å²) in [5, 5.41) is 10.00. The van der Waals surface area contributed by atoms with Crippen molar-refractivity contribution in [2.24, 2.45) is 0 Å². The maximum absolute atomic E-state index is 13.0. The minimum Gasteiger partial charge on any atom is -0.483 e. The number of halogens is 1. The van der Waals surface area contributed by atoms with Crippen molar-refractivity contribution in [1.82, 2.24) is 0 Å². The molecule has 3 heteroatoms. The molecule has 0 aliphatic carbocycles. The molecule has 1 heterocycles. The van der Waals surface area contributed by atoms with E-state index in [9.17, 15) is 9.50 Å². The normalized spacial score (nSPS) is 18.9. The lowest BCUT2D eigenvalue weighted by Crippen LogP contribution is -2.31. The molecule has 0 aromatic heterocycles. The van der Waals surface area contributed by atoms with E-state index in [2.05, 4.69) is 6.58 Å². The fourth-order valence-corrected chi connectivity index (χ4v) is 1.98. The number of benzene rings is 1. The van der Waals surface area contributed by atoms with Crippen molar-refractivity contribution in [3.05, 3.63) is 48.3 Å². The number of rotatable bonds is 5. The maximum Gasteiger partial charge on any atom is 0.143 e. The van der Waals surface area contributed by atoms with E-state index >= 15 is 0 Å². The number of unbranched alkanes of at least 4 members (excludes halogenated alkanes) is 1. The van der Waals surface area contributed by atoms with Gasteiger partial charge in [-0.25, -0.2) is 4.39 Å². The maximum atomic E-state index is 13.0. The third-order valence-electron chi connectivity index (χ3n) is 2.99. The van der Waals surface area contributed by atoms with Crippen LogP contribution in [0.4, 0.5) is 4.39 Å². The number of allylic oxidation sites excluding steroid dienone is 1. The van der Waals surface area contributed by atoms with E-state index in [1.54, 1.807) is 18.2 Å². The smallest absolute Gasteiger partial charge is 0.143 e. The molecule has 0 amide bonds. The molecule has 96 valence electrons. The Morgan fingerprint density at radius 3 is 3.11 bits per heavy atom. The van der Waals surface area contributed by atoms with Crippen molar-refractivity contribution in [3.63, 3.8) is 0 Å². The van der Waals surface area contributed by atoms with Gasteiger partial charge in [0, 0.05) is 5.56 Å². The van der Waals surface area contributed by atoms with Gasteiger partial charge in [0.25, 0.3) is 0 Å². The average molecular weight is 248 g/mol. The third kappa shape index (κ3) is 2.99. The summed E-state index contributed by atoms with van der Waals surface area (Å²) in [6.07, 6.45) is 6.94. The van der Waals surface area contributed by atoms with E-state index in [1.165, 1.54) is 12.1 Å². The molecule has 2 atom stereocenters. The summed E-state index contributed by atoms with van der Waals surface area (Å²) in [6, 6.07) is 4.38. The summed E-state index contributed by atoms with van der Waals surface area (Å²) in [5.74, 6) is 0.332. The molecular formula is C15H17FO2. The standard InChI is InChI=1S/C15H17FO2/c1-2-3-4-5-13(17)15-8-6-11-10-12(16)7-9-14(11)18-15/h2,6-10,13,15,17H,1,3-5H2. The first-order chi connectivity index (χ1) is 8.70. The molecule has 2 rings (SSSR count). The van der Waals surface area contributed by atoms with Crippen LogP contribution in [0.1, 0.15) is 24.8 Å². The first-order valence-corrected chi connectivity index (χ1v) is 6.14. The molecule has 2 nitrogen and oxygen atoms in total. The minimum absolute atomic E-state index is 0.285. The quantitative estimate of drug-likeness (QED) is 0.640. The zero-order valence-electron chi connectivity index (χ0n) is 10.2. The highest BCUT2D eigenvalue weighted by Crippen LogP contribution is 2.28. The van der Waals surface area contributed by atoms with Gasteiger partial charge in [0.05, 0.1) is 6.10 Å². The Morgan fingerprint density at radius 1 is 1.50 bits per heavy atom. The Hall–Kier alpha value is -1.61. The Kier molecular flexibility index (Phi) is 4.15. The van der Waals surface area contributed by atoms with E-state index in [0.717, 1.165) is 12.8 Å². The van der Waals surface area contributed by atoms with Crippen molar-refractivity contribution in [2.45, 2.75) is 31.5 Å². The largest absolute Gasteiger partial charge is 0.483 e. The highest BCUT2D eigenvalue weighted by Gasteiger charge is 2.22. The molecule has 0 saturated carbocycles. The first kappa shape index (κ1) is 12.8. The van der Waals surface area contributed by atoms with Crippen LogP contribution in [0.15, 0.2) is 36.9 Å². The third-order valence-corrected chi connectivity index (χ3v) is 2.99. The Labute approximate surface area is 106 Å². The van der Waals surface area contributed by atoms with Gasteiger partial charge in [-0.2, -0.15) is 0 Å². The van der Waals surface area contributed by atoms with Gasteiger partial charge in [0.15, 0.2) is 0 Å². The Bertz CT molecular complexity index is 454. The van der Waals surface area contributed by atoms with Gasteiger partial charge in [-0.15, -0.1) is 6.58 Å². The lowest BCUT2D eigenvalue weighted by Gasteiger charge is -2.25. The van der Waals surface area contributed by atoms with E-state index in [0.29, 0.717) is 17.7 Å². The van der Waals surface area contributed by atoms with Crippen molar-refractivity contribution < 1.29 is 14.2 Å². The van der Waals surface area contributed by atoms with Crippen molar-refractivity contribution in [2.75, 3.05) is 0 Å². The zero-order valence-corrected chi connectivity index (χ0v) is 10.2. The molecule has 1 aliphatic rings. The number of fused-ring (bicyclic) bond motifs is 1. The molecule has 1 aromatic carbocycles. The molecule has 0 fully saturated rings. The monoisotopic (exact) mass is 248 g/mol. The fraction of sp³-hybridized carbons (Fsp3) is 0.333. The van der Waals surface area contributed by atoms with Gasteiger partial charge in [-0.05, 0) is 43.5 Å². The molecule has 2 unspecified atom stereocenters. The topological polar surface area (TPSA) is 29.5 Å². The summed E-state index contributed by atoms with van der Waals surface area (Å²) in [6.45, 7) is 3.65. The lowest BCUT2D eigenvalue weighted by atomic mass is 10.0. The van der Waals surface area contributed by atoms with Crippen molar-refractivity contribution in [3.8, 4) is 5.75 Å². The van der Waals surface area contributed by atoms with Crippen LogP contribution in [0.2, 0.25) is 0 Å². The van der Waals surface area contributed by atoms with Gasteiger partial charge in [-0.1, -0.05) is 12.2 Å². The van der Waals surface area contributed by atoms with Crippen molar-refractivity contribution in [1.29, 1.82) is 0 Å². The number of ether oxygens (including phenoxy) is 1. The van der Waals surface area contributed by atoms with Gasteiger partial charge >= 0.3 is 0 Å². The molecule has 0 radical (unpaired) electrons. The fourth-order valence-electron chi connectivity index (χ4n) is 1.98. The van der Waals surface area contributed by atoms with E-state index in [-0.39, 0.29) is 11.9 Å². The average Bonchev–Trinajstić information content (AvgIpc) is 2.38. The summed E-state index contributed by atoms with van der Waals surface area (Å²) in [7, 11) is 0. The van der Waals surface area contributed by atoms with E-state index < -0.39 is 6.10 Å².